The highest BCUT2D eigenvalue weighted by molar-refractivity contribution is 5.36. The summed E-state index contributed by atoms with van der Waals surface area (Å²) in [6, 6.07) is 0.460. The second-order valence-corrected chi connectivity index (χ2v) is 4.49. The summed E-state index contributed by atoms with van der Waals surface area (Å²) < 4.78 is 2.11. The first-order chi connectivity index (χ1) is 7.16. The maximum absolute atomic E-state index is 9.42. The molecule has 1 aliphatic heterocycles. The molecule has 1 aromatic heterocycles. The molecular formula is C11H19N3O. The molecule has 15 heavy (non-hydrogen) atoms. The van der Waals surface area contributed by atoms with Crippen LogP contribution in [-0.2, 0) is 0 Å². The van der Waals surface area contributed by atoms with Crippen molar-refractivity contribution in [2.45, 2.75) is 38.8 Å². The van der Waals surface area contributed by atoms with Crippen molar-refractivity contribution in [1.82, 2.24) is 9.55 Å². The maximum atomic E-state index is 9.42. The molecule has 1 fully saturated rings. The molecule has 4 nitrogen and oxygen atoms in total. The van der Waals surface area contributed by atoms with Gasteiger partial charge in [0.15, 0.2) is 0 Å². The minimum Gasteiger partial charge on any atom is -0.393 e. The van der Waals surface area contributed by atoms with Gasteiger partial charge in [0.25, 0.3) is 0 Å². The number of rotatable bonds is 2. The van der Waals surface area contributed by atoms with Crippen LogP contribution in [0.3, 0.4) is 0 Å². The first-order valence-electron chi connectivity index (χ1n) is 5.63. The van der Waals surface area contributed by atoms with Gasteiger partial charge in [-0.15, -0.1) is 0 Å². The van der Waals surface area contributed by atoms with Crippen LogP contribution in [0.25, 0.3) is 0 Å². The smallest absolute Gasteiger partial charge is 0.146 e. The van der Waals surface area contributed by atoms with Crippen LogP contribution in [0.15, 0.2) is 12.5 Å². The minimum absolute atomic E-state index is 0.117. The lowest BCUT2D eigenvalue weighted by Gasteiger charge is -2.29. The Labute approximate surface area is 90.5 Å². The number of aliphatic hydroxyl groups excluding tert-OH is 1. The molecule has 0 saturated carbocycles. The molecule has 4 heteroatoms. The number of hydrogen-bond donors (Lipinski definition) is 1. The van der Waals surface area contributed by atoms with Gasteiger partial charge in [0.05, 0.1) is 12.4 Å². The van der Waals surface area contributed by atoms with Gasteiger partial charge in [-0.05, 0) is 26.7 Å². The molecule has 1 aromatic rings. The van der Waals surface area contributed by atoms with E-state index in [2.05, 4.69) is 34.5 Å². The standard InChI is InChI=1S/C11H19N3O/c1-9(2)14-7-11(12-8-14)13-5-3-10(15)4-6-13/h7-10,15H,3-6H2,1-2H3. The van der Waals surface area contributed by atoms with Crippen LogP contribution in [0.2, 0.25) is 0 Å². The SMILES string of the molecule is CC(C)n1cnc(N2CCC(O)CC2)c1. The van der Waals surface area contributed by atoms with Crippen LogP contribution in [0.5, 0.6) is 0 Å². The summed E-state index contributed by atoms with van der Waals surface area (Å²) in [6.45, 7) is 6.11. The number of aromatic nitrogens is 2. The Morgan fingerprint density at radius 2 is 2.07 bits per heavy atom. The molecule has 0 aromatic carbocycles. The Kier molecular flexibility index (Phi) is 2.95. The van der Waals surface area contributed by atoms with E-state index in [4.69, 9.17) is 0 Å². The highest BCUT2D eigenvalue weighted by atomic mass is 16.3. The third-order valence-electron chi connectivity index (χ3n) is 2.97. The topological polar surface area (TPSA) is 41.3 Å². The van der Waals surface area contributed by atoms with Crippen LogP contribution in [0, 0.1) is 0 Å². The molecule has 0 aliphatic carbocycles. The predicted octanol–water partition coefficient (Wildman–Crippen LogP) is 1.43. The monoisotopic (exact) mass is 209 g/mol. The van der Waals surface area contributed by atoms with Crippen molar-refractivity contribution in [3.05, 3.63) is 12.5 Å². The summed E-state index contributed by atoms with van der Waals surface area (Å²) in [5, 5.41) is 9.42. The molecule has 0 radical (unpaired) electrons. The molecule has 1 aliphatic rings. The van der Waals surface area contributed by atoms with Gasteiger partial charge in [-0.25, -0.2) is 4.98 Å². The average molecular weight is 209 g/mol. The van der Waals surface area contributed by atoms with Crippen molar-refractivity contribution >= 4 is 5.82 Å². The van der Waals surface area contributed by atoms with Crippen molar-refractivity contribution < 1.29 is 5.11 Å². The van der Waals surface area contributed by atoms with E-state index in [0.29, 0.717) is 6.04 Å². The number of hydrogen-bond acceptors (Lipinski definition) is 3. The van der Waals surface area contributed by atoms with E-state index in [-0.39, 0.29) is 6.10 Å². The molecule has 84 valence electrons. The Hall–Kier alpha value is -1.03. The maximum Gasteiger partial charge on any atom is 0.146 e. The average Bonchev–Trinajstić information content (AvgIpc) is 2.68. The highest BCUT2D eigenvalue weighted by Gasteiger charge is 2.18. The van der Waals surface area contributed by atoms with Gasteiger partial charge < -0.3 is 14.6 Å². The van der Waals surface area contributed by atoms with Crippen molar-refractivity contribution in [3.63, 3.8) is 0 Å². The van der Waals surface area contributed by atoms with Crippen LogP contribution < -0.4 is 4.90 Å². The molecule has 0 amide bonds. The zero-order valence-electron chi connectivity index (χ0n) is 9.43. The van der Waals surface area contributed by atoms with Gasteiger partial charge in [-0.1, -0.05) is 0 Å². The molecule has 1 N–H and O–H groups in total. The molecule has 0 unspecified atom stereocenters. The Balaban J connectivity index is 2.03. The minimum atomic E-state index is -0.117. The van der Waals surface area contributed by atoms with Gasteiger partial charge in [-0.2, -0.15) is 0 Å². The summed E-state index contributed by atoms with van der Waals surface area (Å²) in [5.74, 6) is 1.04. The predicted molar refractivity (Wildman–Crippen MR) is 60.1 cm³/mol. The van der Waals surface area contributed by atoms with Gasteiger partial charge in [-0.3, -0.25) is 0 Å². The lowest BCUT2D eigenvalue weighted by Crippen LogP contribution is -2.35. The number of piperidine rings is 1. The van der Waals surface area contributed by atoms with Crippen LogP contribution in [0.4, 0.5) is 5.82 Å². The van der Waals surface area contributed by atoms with Gasteiger partial charge in [0.1, 0.15) is 5.82 Å². The molecular weight excluding hydrogens is 190 g/mol. The largest absolute Gasteiger partial charge is 0.393 e. The Morgan fingerprint density at radius 3 is 2.60 bits per heavy atom. The second kappa shape index (κ2) is 4.23. The van der Waals surface area contributed by atoms with Crippen LogP contribution in [0.1, 0.15) is 32.7 Å². The summed E-state index contributed by atoms with van der Waals surface area (Å²) >= 11 is 0. The van der Waals surface area contributed by atoms with Crippen LogP contribution in [-0.4, -0.2) is 33.9 Å². The van der Waals surface area contributed by atoms with E-state index in [1.54, 1.807) is 0 Å². The van der Waals surface area contributed by atoms with Crippen molar-refractivity contribution in [1.29, 1.82) is 0 Å². The van der Waals surface area contributed by atoms with Crippen molar-refractivity contribution in [3.8, 4) is 0 Å². The van der Waals surface area contributed by atoms with Gasteiger partial charge >= 0.3 is 0 Å². The van der Waals surface area contributed by atoms with E-state index in [0.717, 1.165) is 31.7 Å². The summed E-state index contributed by atoms with van der Waals surface area (Å²) in [6.07, 6.45) is 5.56. The first-order valence-corrected chi connectivity index (χ1v) is 5.63. The van der Waals surface area contributed by atoms with Crippen molar-refractivity contribution in [2.75, 3.05) is 18.0 Å². The van der Waals surface area contributed by atoms with Crippen molar-refractivity contribution in [2.24, 2.45) is 0 Å². The lowest BCUT2D eigenvalue weighted by molar-refractivity contribution is 0.145. The van der Waals surface area contributed by atoms with E-state index in [1.807, 2.05) is 6.33 Å². The Bertz CT molecular complexity index is 313. The summed E-state index contributed by atoms with van der Waals surface area (Å²) in [7, 11) is 0. The zero-order valence-corrected chi connectivity index (χ0v) is 9.43. The molecule has 0 atom stereocenters. The number of imidazole rings is 1. The number of anilines is 1. The molecule has 0 bridgehead atoms. The molecule has 0 spiro atoms. The third kappa shape index (κ3) is 2.31. The van der Waals surface area contributed by atoms with Gasteiger partial charge in [0, 0.05) is 25.3 Å². The fraction of sp³-hybridized carbons (Fsp3) is 0.727. The number of aliphatic hydroxyl groups is 1. The molecule has 2 rings (SSSR count). The zero-order chi connectivity index (χ0) is 10.8. The first kappa shape index (κ1) is 10.5. The van der Waals surface area contributed by atoms with E-state index in [1.165, 1.54) is 0 Å². The fourth-order valence-electron chi connectivity index (χ4n) is 1.87. The third-order valence-corrected chi connectivity index (χ3v) is 2.97. The Morgan fingerprint density at radius 1 is 1.40 bits per heavy atom. The quantitative estimate of drug-likeness (QED) is 0.801. The van der Waals surface area contributed by atoms with E-state index < -0.39 is 0 Å². The summed E-state index contributed by atoms with van der Waals surface area (Å²) in [4.78, 5) is 6.64. The second-order valence-electron chi connectivity index (χ2n) is 4.49. The molecule has 1 saturated heterocycles. The van der Waals surface area contributed by atoms with Gasteiger partial charge in [0.2, 0.25) is 0 Å². The number of nitrogens with zero attached hydrogens (tertiary/aromatic N) is 3. The van der Waals surface area contributed by atoms with E-state index >= 15 is 0 Å². The molecule has 2 heterocycles. The normalized spacial score (nSPS) is 18.8. The summed E-state index contributed by atoms with van der Waals surface area (Å²) in [5.41, 5.74) is 0. The van der Waals surface area contributed by atoms with E-state index in [9.17, 15) is 5.11 Å². The fourth-order valence-corrected chi connectivity index (χ4v) is 1.87. The van der Waals surface area contributed by atoms with Crippen LogP contribution >= 0.6 is 0 Å². The lowest BCUT2D eigenvalue weighted by atomic mass is 10.1. The highest BCUT2D eigenvalue weighted by Crippen LogP contribution is 2.19.